The number of carbonyl (C=O) groups excluding carboxylic acids is 1. The molecular formula is C18H14ClF4N3O4. The molecular weight excluding hydrogens is 434 g/mol. The van der Waals surface area contributed by atoms with Crippen LogP contribution in [0.2, 0.25) is 5.02 Å². The van der Waals surface area contributed by atoms with Gasteiger partial charge in [-0.2, -0.15) is 0 Å². The normalized spacial score (nSPS) is 14.1. The van der Waals surface area contributed by atoms with Crippen molar-refractivity contribution in [1.29, 1.82) is 0 Å². The van der Waals surface area contributed by atoms with Crippen molar-refractivity contribution in [2.45, 2.75) is 0 Å². The number of methoxy groups -OCH3 is 1. The average molecular weight is 448 g/mol. The summed E-state index contributed by atoms with van der Waals surface area (Å²) < 4.78 is 60.6. The molecule has 2 aromatic rings. The van der Waals surface area contributed by atoms with Gasteiger partial charge in [0.2, 0.25) is 0 Å². The van der Waals surface area contributed by atoms with E-state index in [1.807, 2.05) is 0 Å². The first-order valence-corrected chi connectivity index (χ1v) is 8.93. The third-order valence-electron chi connectivity index (χ3n) is 4.69. The summed E-state index contributed by atoms with van der Waals surface area (Å²) in [5.41, 5.74) is -1.27. The fourth-order valence-electron chi connectivity index (χ4n) is 3.15. The third-order valence-corrected chi connectivity index (χ3v) is 5.02. The molecule has 0 N–H and O–H groups in total. The molecule has 0 bridgehead atoms. The van der Waals surface area contributed by atoms with Crippen LogP contribution in [-0.2, 0) is 0 Å². The number of hydrogen-bond acceptors (Lipinski definition) is 5. The summed E-state index contributed by atoms with van der Waals surface area (Å²) >= 11 is 5.23. The number of nitrogens with zero attached hydrogens (tertiary/aromatic N) is 3. The SMILES string of the molecule is COc1ccc(C(=O)N2CCN(c3c(F)c(F)c(Cl)c(F)c3F)CC2)cc1[N+](=O)[O-]. The minimum absolute atomic E-state index is 0.0147. The number of carbonyl (C=O) groups is 1. The Labute approximate surface area is 172 Å². The minimum atomic E-state index is -1.70. The number of piperazine rings is 1. The topological polar surface area (TPSA) is 75.9 Å². The Bertz CT molecular complexity index is 1000. The Morgan fingerprint density at radius 3 is 2.13 bits per heavy atom. The van der Waals surface area contributed by atoms with Gasteiger partial charge in [-0.05, 0) is 12.1 Å². The summed E-state index contributed by atoms with van der Waals surface area (Å²) in [5.74, 6) is -7.20. The van der Waals surface area contributed by atoms with E-state index in [1.165, 1.54) is 24.1 Å². The van der Waals surface area contributed by atoms with Crippen molar-refractivity contribution < 1.29 is 32.0 Å². The summed E-state index contributed by atoms with van der Waals surface area (Å²) in [6.07, 6.45) is 0. The molecule has 3 rings (SSSR count). The highest BCUT2D eigenvalue weighted by Gasteiger charge is 2.31. The Hall–Kier alpha value is -3.08. The van der Waals surface area contributed by atoms with Gasteiger partial charge in [-0.3, -0.25) is 14.9 Å². The number of anilines is 1. The van der Waals surface area contributed by atoms with E-state index in [9.17, 15) is 32.5 Å². The molecule has 2 aromatic carbocycles. The second kappa shape index (κ2) is 8.34. The molecule has 12 heteroatoms. The van der Waals surface area contributed by atoms with E-state index in [0.717, 1.165) is 11.0 Å². The first-order chi connectivity index (χ1) is 14.2. The summed E-state index contributed by atoms with van der Waals surface area (Å²) in [5, 5.41) is 9.85. The second-order valence-electron chi connectivity index (χ2n) is 6.34. The van der Waals surface area contributed by atoms with Crippen LogP contribution >= 0.6 is 11.6 Å². The molecule has 1 amide bonds. The molecule has 1 aliphatic rings. The van der Waals surface area contributed by atoms with Gasteiger partial charge >= 0.3 is 5.69 Å². The van der Waals surface area contributed by atoms with Gasteiger partial charge in [0.15, 0.2) is 29.0 Å². The fraction of sp³-hybridized carbons (Fsp3) is 0.278. The van der Waals surface area contributed by atoms with Crippen LogP contribution in [0.5, 0.6) is 5.75 Å². The molecule has 0 atom stereocenters. The van der Waals surface area contributed by atoms with Gasteiger partial charge in [-0.15, -0.1) is 0 Å². The fourth-order valence-corrected chi connectivity index (χ4v) is 3.32. The van der Waals surface area contributed by atoms with Crippen molar-refractivity contribution in [3.05, 3.63) is 62.2 Å². The van der Waals surface area contributed by atoms with E-state index in [2.05, 4.69) is 0 Å². The number of benzene rings is 2. The van der Waals surface area contributed by atoms with Crippen LogP contribution in [0.4, 0.5) is 28.9 Å². The molecule has 1 saturated heterocycles. The molecule has 0 aromatic heterocycles. The molecule has 1 fully saturated rings. The maximum atomic E-state index is 14.1. The van der Waals surface area contributed by atoms with Crippen molar-refractivity contribution in [3.63, 3.8) is 0 Å². The van der Waals surface area contributed by atoms with Gasteiger partial charge < -0.3 is 14.5 Å². The molecule has 0 spiro atoms. The summed E-state index contributed by atoms with van der Waals surface area (Å²) in [6, 6.07) is 3.70. The highest BCUT2D eigenvalue weighted by atomic mass is 35.5. The predicted molar refractivity (Wildman–Crippen MR) is 99.0 cm³/mol. The molecule has 0 unspecified atom stereocenters. The zero-order valence-corrected chi connectivity index (χ0v) is 16.2. The largest absolute Gasteiger partial charge is 0.490 e. The molecule has 0 aliphatic carbocycles. The lowest BCUT2D eigenvalue weighted by Crippen LogP contribution is -2.49. The standard InChI is InChI=1S/C18H14ClF4N3O4/c1-30-11-3-2-9(8-10(11)26(28)29)18(27)25-6-4-24(5-7-25)17-15(22)13(20)12(19)14(21)16(17)23/h2-3,8H,4-7H2,1H3. The minimum Gasteiger partial charge on any atom is -0.490 e. The Morgan fingerprint density at radius 1 is 1.07 bits per heavy atom. The van der Waals surface area contributed by atoms with Crippen LogP contribution < -0.4 is 9.64 Å². The number of amides is 1. The molecule has 1 aliphatic heterocycles. The predicted octanol–water partition coefficient (Wildman–Crippen LogP) is 3.78. The van der Waals surface area contributed by atoms with Gasteiger partial charge in [0.1, 0.15) is 10.7 Å². The first-order valence-electron chi connectivity index (χ1n) is 8.55. The van der Waals surface area contributed by atoms with Gasteiger partial charge in [-0.1, -0.05) is 11.6 Å². The smallest absolute Gasteiger partial charge is 0.311 e. The molecule has 30 heavy (non-hydrogen) atoms. The monoisotopic (exact) mass is 447 g/mol. The van der Waals surface area contributed by atoms with Crippen LogP contribution in [0, 0.1) is 33.4 Å². The maximum Gasteiger partial charge on any atom is 0.311 e. The summed E-state index contributed by atoms with van der Waals surface area (Å²) in [7, 11) is 1.25. The van der Waals surface area contributed by atoms with Gasteiger partial charge in [0.05, 0.1) is 12.0 Å². The zero-order valence-electron chi connectivity index (χ0n) is 15.4. The van der Waals surface area contributed by atoms with Crippen LogP contribution in [0.3, 0.4) is 0 Å². The average Bonchev–Trinajstić information content (AvgIpc) is 2.76. The number of nitro benzene ring substituents is 1. The lowest BCUT2D eigenvalue weighted by molar-refractivity contribution is -0.385. The van der Waals surface area contributed by atoms with Crippen molar-refractivity contribution in [3.8, 4) is 5.75 Å². The lowest BCUT2D eigenvalue weighted by Gasteiger charge is -2.36. The molecule has 1 heterocycles. The highest BCUT2D eigenvalue weighted by molar-refractivity contribution is 6.31. The third kappa shape index (κ3) is 3.72. The number of halogens is 5. The van der Waals surface area contributed by atoms with Crippen LogP contribution in [0.15, 0.2) is 18.2 Å². The number of ether oxygens (including phenoxy) is 1. The quantitative estimate of drug-likeness (QED) is 0.234. The van der Waals surface area contributed by atoms with Gasteiger partial charge in [0.25, 0.3) is 5.91 Å². The van der Waals surface area contributed by atoms with Crippen molar-refractivity contribution in [2.24, 2.45) is 0 Å². The number of nitro groups is 1. The van der Waals surface area contributed by atoms with Gasteiger partial charge in [-0.25, -0.2) is 17.6 Å². The van der Waals surface area contributed by atoms with E-state index < -0.39 is 50.5 Å². The van der Waals surface area contributed by atoms with Crippen molar-refractivity contribution >= 4 is 28.9 Å². The molecule has 7 nitrogen and oxygen atoms in total. The molecule has 160 valence electrons. The van der Waals surface area contributed by atoms with E-state index in [-0.39, 0.29) is 37.5 Å². The van der Waals surface area contributed by atoms with E-state index in [0.29, 0.717) is 0 Å². The van der Waals surface area contributed by atoms with E-state index in [1.54, 1.807) is 0 Å². The van der Waals surface area contributed by atoms with E-state index >= 15 is 0 Å². The Balaban J connectivity index is 1.79. The zero-order chi connectivity index (χ0) is 22.2. The Kier molecular flexibility index (Phi) is 6.01. The summed E-state index contributed by atoms with van der Waals surface area (Å²) in [6.45, 7) is -0.330. The van der Waals surface area contributed by atoms with Crippen molar-refractivity contribution in [1.82, 2.24) is 4.90 Å². The van der Waals surface area contributed by atoms with Gasteiger partial charge in [0, 0.05) is 37.8 Å². The Morgan fingerprint density at radius 2 is 1.63 bits per heavy atom. The first kappa shape index (κ1) is 21.6. The van der Waals surface area contributed by atoms with Crippen molar-refractivity contribution in [2.75, 3.05) is 38.2 Å². The van der Waals surface area contributed by atoms with E-state index in [4.69, 9.17) is 16.3 Å². The van der Waals surface area contributed by atoms with Crippen LogP contribution in [-0.4, -0.2) is 49.0 Å². The lowest BCUT2D eigenvalue weighted by atomic mass is 10.1. The number of rotatable bonds is 4. The molecule has 0 radical (unpaired) electrons. The van der Waals surface area contributed by atoms with Crippen LogP contribution in [0.1, 0.15) is 10.4 Å². The maximum absolute atomic E-state index is 14.1. The number of hydrogen-bond donors (Lipinski definition) is 0. The highest BCUT2D eigenvalue weighted by Crippen LogP contribution is 2.34. The van der Waals surface area contributed by atoms with Crippen LogP contribution in [0.25, 0.3) is 0 Å². The summed E-state index contributed by atoms with van der Waals surface area (Å²) in [4.78, 5) is 25.5. The second-order valence-corrected chi connectivity index (χ2v) is 6.72. The molecule has 0 saturated carbocycles.